The number of benzene rings is 1. The van der Waals surface area contributed by atoms with Crippen LogP contribution in [0.3, 0.4) is 0 Å². The SMILES string of the molecule is Cc1ccc2nc(-c3cccnc3)cc(C(=O)N3CCC(N)C(C)(C)C3)c2c1.Cl.Cl. The van der Waals surface area contributed by atoms with Gasteiger partial charge in [0.05, 0.1) is 16.8 Å². The van der Waals surface area contributed by atoms with Crippen molar-refractivity contribution in [3.8, 4) is 11.3 Å². The highest BCUT2D eigenvalue weighted by atomic mass is 35.5. The third kappa shape index (κ3) is 4.59. The van der Waals surface area contributed by atoms with Crippen molar-refractivity contribution in [2.24, 2.45) is 11.1 Å². The number of hydrogen-bond acceptors (Lipinski definition) is 4. The summed E-state index contributed by atoms with van der Waals surface area (Å²) in [5.41, 5.74) is 10.5. The molecular weight excluding hydrogens is 419 g/mol. The molecule has 1 saturated heterocycles. The van der Waals surface area contributed by atoms with Crippen molar-refractivity contribution in [3.63, 3.8) is 0 Å². The Balaban J connectivity index is 0.00000160. The van der Waals surface area contributed by atoms with Crippen LogP contribution < -0.4 is 5.73 Å². The summed E-state index contributed by atoms with van der Waals surface area (Å²) in [6.45, 7) is 7.64. The minimum Gasteiger partial charge on any atom is -0.338 e. The van der Waals surface area contributed by atoms with Gasteiger partial charge in [-0.25, -0.2) is 4.98 Å². The lowest BCUT2D eigenvalue weighted by molar-refractivity contribution is 0.0535. The van der Waals surface area contributed by atoms with Crippen molar-refractivity contribution < 1.29 is 4.79 Å². The molecule has 0 saturated carbocycles. The predicted octanol–water partition coefficient (Wildman–Crippen LogP) is 4.65. The van der Waals surface area contributed by atoms with Crippen LogP contribution in [0.2, 0.25) is 0 Å². The average molecular weight is 447 g/mol. The molecule has 1 atom stereocenters. The van der Waals surface area contributed by atoms with Gasteiger partial charge in [0.15, 0.2) is 0 Å². The van der Waals surface area contributed by atoms with Crippen molar-refractivity contribution in [2.45, 2.75) is 33.2 Å². The normalized spacial score (nSPS) is 17.7. The monoisotopic (exact) mass is 446 g/mol. The number of likely N-dealkylation sites (tertiary alicyclic amines) is 1. The van der Waals surface area contributed by atoms with E-state index in [-0.39, 0.29) is 42.2 Å². The fourth-order valence-corrected chi connectivity index (χ4v) is 3.90. The lowest BCUT2D eigenvalue weighted by Crippen LogP contribution is -2.54. The molecular formula is C23H28Cl2N4O. The number of piperidine rings is 1. The molecule has 160 valence electrons. The second kappa shape index (κ2) is 9.29. The van der Waals surface area contributed by atoms with E-state index in [2.05, 4.69) is 18.8 Å². The maximum absolute atomic E-state index is 13.5. The molecule has 0 aliphatic carbocycles. The molecule has 1 fully saturated rings. The van der Waals surface area contributed by atoms with Crippen LogP contribution in [0.25, 0.3) is 22.2 Å². The molecule has 1 aliphatic rings. The van der Waals surface area contributed by atoms with Crippen LogP contribution in [-0.2, 0) is 0 Å². The van der Waals surface area contributed by atoms with E-state index in [0.29, 0.717) is 18.7 Å². The topological polar surface area (TPSA) is 72.1 Å². The van der Waals surface area contributed by atoms with Crippen molar-refractivity contribution in [3.05, 3.63) is 59.9 Å². The first-order valence-electron chi connectivity index (χ1n) is 9.72. The van der Waals surface area contributed by atoms with Crippen LogP contribution in [0.15, 0.2) is 48.8 Å². The van der Waals surface area contributed by atoms with E-state index in [1.807, 2.05) is 48.2 Å². The number of rotatable bonds is 2. The number of fused-ring (bicyclic) bond motifs is 1. The van der Waals surface area contributed by atoms with Gasteiger partial charge in [-0.2, -0.15) is 0 Å². The van der Waals surface area contributed by atoms with Crippen LogP contribution >= 0.6 is 24.8 Å². The number of amides is 1. The molecule has 0 radical (unpaired) electrons. The van der Waals surface area contributed by atoms with E-state index in [1.165, 1.54) is 0 Å². The number of aromatic nitrogens is 2. The van der Waals surface area contributed by atoms with Gasteiger partial charge in [-0.1, -0.05) is 25.5 Å². The summed E-state index contributed by atoms with van der Waals surface area (Å²) in [4.78, 5) is 24.5. The molecule has 2 aromatic heterocycles. The van der Waals surface area contributed by atoms with E-state index in [9.17, 15) is 4.79 Å². The molecule has 4 rings (SSSR count). The number of nitrogens with zero attached hydrogens (tertiary/aromatic N) is 3. The highest BCUT2D eigenvalue weighted by Crippen LogP contribution is 2.31. The summed E-state index contributed by atoms with van der Waals surface area (Å²) in [7, 11) is 0. The molecule has 7 heteroatoms. The Bertz CT molecular complexity index is 1040. The molecule has 1 aliphatic heterocycles. The number of aryl methyl sites for hydroxylation is 1. The highest BCUT2D eigenvalue weighted by Gasteiger charge is 2.36. The molecule has 5 nitrogen and oxygen atoms in total. The Hall–Kier alpha value is -2.21. The van der Waals surface area contributed by atoms with Gasteiger partial charge in [-0.3, -0.25) is 9.78 Å². The average Bonchev–Trinajstić information content (AvgIpc) is 2.69. The van der Waals surface area contributed by atoms with Gasteiger partial charge in [-0.05, 0) is 49.1 Å². The van der Waals surface area contributed by atoms with Crippen LogP contribution in [0, 0.1) is 12.3 Å². The molecule has 0 spiro atoms. The summed E-state index contributed by atoms with van der Waals surface area (Å²) in [6, 6.07) is 11.9. The maximum atomic E-state index is 13.5. The first-order valence-corrected chi connectivity index (χ1v) is 9.72. The summed E-state index contributed by atoms with van der Waals surface area (Å²) < 4.78 is 0. The Morgan fingerprint density at radius 2 is 1.97 bits per heavy atom. The first kappa shape index (κ1) is 24.1. The lowest BCUT2D eigenvalue weighted by Gasteiger charge is -2.42. The van der Waals surface area contributed by atoms with Gasteiger partial charge in [-0.15, -0.1) is 24.8 Å². The fraction of sp³-hybridized carbons (Fsp3) is 0.348. The Morgan fingerprint density at radius 3 is 2.63 bits per heavy atom. The van der Waals surface area contributed by atoms with Crippen molar-refractivity contribution in [1.82, 2.24) is 14.9 Å². The van der Waals surface area contributed by atoms with E-state index < -0.39 is 0 Å². The third-order valence-electron chi connectivity index (χ3n) is 5.75. The predicted molar refractivity (Wildman–Crippen MR) is 126 cm³/mol. The van der Waals surface area contributed by atoms with Crippen LogP contribution in [0.1, 0.15) is 36.2 Å². The summed E-state index contributed by atoms with van der Waals surface area (Å²) in [6.07, 6.45) is 4.33. The second-order valence-electron chi connectivity index (χ2n) is 8.43. The smallest absolute Gasteiger partial charge is 0.254 e. The van der Waals surface area contributed by atoms with E-state index in [4.69, 9.17) is 10.7 Å². The van der Waals surface area contributed by atoms with Crippen LogP contribution in [-0.4, -0.2) is 39.9 Å². The van der Waals surface area contributed by atoms with E-state index in [0.717, 1.165) is 34.1 Å². The van der Waals surface area contributed by atoms with Crippen LogP contribution in [0.4, 0.5) is 0 Å². The number of carbonyl (C=O) groups excluding carboxylic acids is 1. The van der Waals surface area contributed by atoms with Crippen molar-refractivity contribution >= 4 is 41.6 Å². The van der Waals surface area contributed by atoms with Gasteiger partial charge in [0.1, 0.15) is 0 Å². The minimum absolute atomic E-state index is 0. The molecule has 0 bridgehead atoms. The number of hydrogen-bond donors (Lipinski definition) is 1. The Morgan fingerprint density at radius 1 is 1.20 bits per heavy atom. The Labute approximate surface area is 189 Å². The quantitative estimate of drug-likeness (QED) is 0.621. The molecule has 30 heavy (non-hydrogen) atoms. The molecule has 1 unspecified atom stereocenters. The van der Waals surface area contributed by atoms with E-state index in [1.54, 1.807) is 12.4 Å². The van der Waals surface area contributed by atoms with Crippen molar-refractivity contribution in [1.29, 1.82) is 0 Å². The van der Waals surface area contributed by atoms with Gasteiger partial charge >= 0.3 is 0 Å². The molecule has 3 heterocycles. The third-order valence-corrected chi connectivity index (χ3v) is 5.75. The van der Waals surface area contributed by atoms with Gasteiger partial charge < -0.3 is 10.6 Å². The molecule has 1 aromatic carbocycles. The number of halogens is 2. The minimum atomic E-state index is -0.0984. The highest BCUT2D eigenvalue weighted by molar-refractivity contribution is 6.07. The largest absolute Gasteiger partial charge is 0.338 e. The number of pyridine rings is 2. The lowest BCUT2D eigenvalue weighted by atomic mass is 9.79. The molecule has 3 aromatic rings. The molecule has 1 amide bonds. The Kier molecular flexibility index (Phi) is 7.45. The molecule has 2 N–H and O–H groups in total. The zero-order valence-electron chi connectivity index (χ0n) is 17.5. The first-order chi connectivity index (χ1) is 13.3. The summed E-state index contributed by atoms with van der Waals surface area (Å²) in [5, 5.41) is 0.894. The van der Waals surface area contributed by atoms with Gasteiger partial charge in [0.2, 0.25) is 0 Å². The van der Waals surface area contributed by atoms with Crippen LogP contribution in [0.5, 0.6) is 0 Å². The van der Waals surface area contributed by atoms with Crippen molar-refractivity contribution in [2.75, 3.05) is 13.1 Å². The standard InChI is InChI=1S/C23H26N4O.2ClH/c1-15-6-7-19-17(11-15)18(12-20(26-19)16-5-4-9-25-13-16)22(28)27-10-8-21(24)23(2,3)14-27;;/h4-7,9,11-13,21H,8,10,14,24H2,1-3H3;2*1H. The van der Waals surface area contributed by atoms with E-state index >= 15 is 0 Å². The zero-order valence-corrected chi connectivity index (χ0v) is 19.1. The summed E-state index contributed by atoms with van der Waals surface area (Å²) in [5.74, 6) is 0.0446. The fourth-order valence-electron chi connectivity index (χ4n) is 3.90. The van der Waals surface area contributed by atoms with Gasteiger partial charge in [0.25, 0.3) is 5.91 Å². The number of nitrogens with two attached hydrogens (primary N) is 1. The summed E-state index contributed by atoms with van der Waals surface area (Å²) >= 11 is 0. The zero-order chi connectivity index (χ0) is 19.9. The van der Waals surface area contributed by atoms with Gasteiger partial charge in [0, 0.05) is 42.5 Å². The second-order valence-corrected chi connectivity index (χ2v) is 8.43. The maximum Gasteiger partial charge on any atom is 0.254 e. The number of carbonyl (C=O) groups is 1.